The highest BCUT2D eigenvalue weighted by atomic mass is 32.2. The molecule has 0 spiro atoms. The van der Waals surface area contributed by atoms with Crippen LogP contribution in [0.1, 0.15) is 18.9 Å². The molecule has 2 rings (SSSR count). The van der Waals surface area contributed by atoms with Gasteiger partial charge in [0.25, 0.3) is 0 Å². The highest BCUT2D eigenvalue weighted by Gasteiger charge is 2.28. The second-order valence-corrected chi connectivity index (χ2v) is 6.78. The minimum atomic E-state index is -3.65. The lowest BCUT2D eigenvalue weighted by Gasteiger charge is -2.21. The third-order valence-corrected chi connectivity index (χ3v) is 4.98. The molecule has 1 aromatic heterocycles. The number of hydrogen-bond donors (Lipinski definition) is 1. The number of benzene rings is 1. The second kappa shape index (κ2) is 6.28. The first-order valence-corrected chi connectivity index (χ1v) is 8.22. The van der Waals surface area contributed by atoms with Crippen molar-refractivity contribution >= 4 is 15.8 Å². The lowest BCUT2D eigenvalue weighted by molar-refractivity contribution is 0.406. The summed E-state index contributed by atoms with van der Waals surface area (Å²) in [6, 6.07) is 9.51. The molecular weight excluding hydrogens is 288 g/mol. The van der Waals surface area contributed by atoms with Crippen molar-refractivity contribution in [3.63, 3.8) is 0 Å². The van der Waals surface area contributed by atoms with Crippen molar-refractivity contribution < 1.29 is 8.42 Å². The van der Waals surface area contributed by atoms with E-state index in [0.29, 0.717) is 13.1 Å². The van der Waals surface area contributed by atoms with Crippen molar-refractivity contribution in [1.82, 2.24) is 14.1 Å². The lowest BCUT2D eigenvalue weighted by atomic mass is 10.2. The first kappa shape index (κ1) is 15.5. The van der Waals surface area contributed by atoms with Gasteiger partial charge in [-0.05, 0) is 12.0 Å². The van der Waals surface area contributed by atoms with Crippen LogP contribution in [0.5, 0.6) is 0 Å². The minimum Gasteiger partial charge on any atom is -0.381 e. The summed E-state index contributed by atoms with van der Waals surface area (Å²) in [6.45, 7) is 2.71. The molecule has 0 atom stereocenters. The topological polar surface area (TPSA) is 81.2 Å². The zero-order valence-electron chi connectivity index (χ0n) is 12.2. The average Bonchev–Trinajstić information content (AvgIpc) is 2.79. The van der Waals surface area contributed by atoms with E-state index in [0.717, 1.165) is 12.0 Å². The molecule has 0 saturated carbocycles. The van der Waals surface area contributed by atoms with Gasteiger partial charge in [0.15, 0.2) is 5.82 Å². The maximum Gasteiger partial charge on any atom is 0.248 e. The van der Waals surface area contributed by atoms with Gasteiger partial charge in [-0.3, -0.25) is 4.68 Å². The van der Waals surface area contributed by atoms with Gasteiger partial charge in [0, 0.05) is 26.3 Å². The fourth-order valence-corrected chi connectivity index (χ4v) is 3.75. The molecule has 6 nitrogen and oxygen atoms in total. The van der Waals surface area contributed by atoms with E-state index in [1.165, 1.54) is 15.2 Å². The van der Waals surface area contributed by atoms with Crippen LogP contribution < -0.4 is 5.73 Å². The molecule has 0 unspecified atom stereocenters. The van der Waals surface area contributed by atoms with Crippen LogP contribution in [-0.2, 0) is 23.6 Å². The molecular formula is C14H20N4O2S. The van der Waals surface area contributed by atoms with Crippen LogP contribution in [0.2, 0.25) is 0 Å². The molecule has 0 bridgehead atoms. The molecule has 0 fully saturated rings. The molecule has 114 valence electrons. The number of anilines is 1. The number of sulfonamides is 1. The summed E-state index contributed by atoms with van der Waals surface area (Å²) in [5, 5.41) is 3.92. The molecule has 0 aliphatic heterocycles. The van der Waals surface area contributed by atoms with Crippen molar-refractivity contribution in [3.05, 3.63) is 42.1 Å². The maximum atomic E-state index is 12.8. The number of nitrogens with two attached hydrogens (primary N) is 1. The van der Waals surface area contributed by atoms with Gasteiger partial charge in [0.05, 0.1) is 0 Å². The minimum absolute atomic E-state index is 0.0339. The van der Waals surface area contributed by atoms with Gasteiger partial charge in [-0.25, -0.2) is 8.42 Å². The van der Waals surface area contributed by atoms with Crippen LogP contribution in [0, 0.1) is 0 Å². The van der Waals surface area contributed by atoms with Crippen LogP contribution in [0.25, 0.3) is 0 Å². The standard InChI is InChI=1S/C14H20N4O2S/c1-3-9-18(10-12-7-5-4-6-8-12)21(19,20)13-11-17(2)16-14(13)15/h4-8,11H,3,9-10H2,1-2H3,(H2,15,16). The van der Waals surface area contributed by atoms with E-state index in [1.54, 1.807) is 7.05 Å². The molecule has 0 aliphatic carbocycles. The van der Waals surface area contributed by atoms with E-state index in [-0.39, 0.29) is 10.7 Å². The fraction of sp³-hybridized carbons (Fsp3) is 0.357. The van der Waals surface area contributed by atoms with Gasteiger partial charge in [-0.2, -0.15) is 9.40 Å². The number of aromatic nitrogens is 2. The van der Waals surface area contributed by atoms with Crippen LogP contribution in [-0.4, -0.2) is 29.0 Å². The van der Waals surface area contributed by atoms with Crippen molar-refractivity contribution in [1.29, 1.82) is 0 Å². The number of nitrogen functional groups attached to an aromatic ring is 1. The van der Waals surface area contributed by atoms with Gasteiger partial charge in [-0.1, -0.05) is 37.3 Å². The molecule has 0 aliphatic rings. The molecule has 1 heterocycles. The Balaban J connectivity index is 2.35. The Morgan fingerprint density at radius 2 is 1.95 bits per heavy atom. The normalized spacial score (nSPS) is 12.0. The SMILES string of the molecule is CCCN(Cc1ccccc1)S(=O)(=O)c1cn(C)nc1N. The number of rotatable bonds is 6. The number of aryl methyl sites for hydroxylation is 1. The highest BCUT2D eigenvalue weighted by Crippen LogP contribution is 2.22. The smallest absolute Gasteiger partial charge is 0.248 e. The zero-order valence-corrected chi connectivity index (χ0v) is 13.0. The summed E-state index contributed by atoms with van der Waals surface area (Å²) in [5.41, 5.74) is 6.66. The predicted octanol–water partition coefficient (Wildman–Crippen LogP) is 1.60. The van der Waals surface area contributed by atoms with Gasteiger partial charge >= 0.3 is 0 Å². The third-order valence-electron chi connectivity index (χ3n) is 3.11. The van der Waals surface area contributed by atoms with Crippen molar-refractivity contribution in [2.75, 3.05) is 12.3 Å². The largest absolute Gasteiger partial charge is 0.381 e. The molecule has 0 radical (unpaired) electrons. The van der Waals surface area contributed by atoms with E-state index in [4.69, 9.17) is 5.73 Å². The Bertz CT molecular complexity index is 695. The Labute approximate surface area is 125 Å². The van der Waals surface area contributed by atoms with Crippen LogP contribution in [0.15, 0.2) is 41.4 Å². The van der Waals surface area contributed by atoms with E-state index in [9.17, 15) is 8.42 Å². The average molecular weight is 308 g/mol. The number of hydrogen-bond acceptors (Lipinski definition) is 4. The van der Waals surface area contributed by atoms with Crippen LogP contribution in [0.4, 0.5) is 5.82 Å². The highest BCUT2D eigenvalue weighted by molar-refractivity contribution is 7.89. The quantitative estimate of drug-likeness (QED) is 0.879. The first-order chi connectivity index (χ1) is 9.95. The zero-order chi connectivity index (χ0) is 15.5. The summed E-state index contributed by atoms with van der Waals surface area (Å²) in [4.78, 5) is 0.0642. The van der Waals surface area contributed by atoms with E-state index < -0.39 is 10.0 Å². The molecule has 0 saturated heterocycles. The monoisotopic (exact) mass is 308 g/mol. The van der Waals surface area contributed by atoms with Crippen molar-refractivity contribution in [3.8, 4) is 0 Å². The van der Waals surface area contributed by atoms with Gasteiger partial charge in [-0.15, -0.1) is 0 Å². The Kier molecular flexibility index (Phi) is 4.64. The second-order valence-electron chi connectivity index (χ2n) is 4.88. The van der Waals surface area contributed by atoms with Gasteiger partial charge < -0.3 is 5.73 Å². The summed E-state index contributed by atoms with van der Waals surface area (Å²) < 4.78 is 28.4. The molecule has 2 N–H and O–H groups in total. The third kappa shape index (κ3) is 3.43. The number of nitrogens with zero attached hydrogens (tertiary/aromatic N) is 3. The Morgan fingerprint density at radius 1 is 1.29 bits per heavy atom. The summed E-state index contributed by atoms with van der Waals surface area (Å²) >= 11 is 0. The molecule has 7 heteroatoms. The summed E-state index contributed by atoms with van der Waals surface area (Å²) in [6.07, 6.45) is 2.17. The Hall–Kier alpha value is -1.86. The van der Waals surface area contributed by atoms with Crippen LogP contribution >= 0.6 is 0 Å². The van der Waals surface area contributed by atoms with E-state index in [1.807, 2.05) is 37.3 Å². The summed E-state index contributed by atoms with van der Waals surface area (Å²) in [7, 11) is -2.00. The summed E-state index contributed by atoms with van der Waals surface area (Å²) in [5.74, 6) is 0.0339. The molecule has 2 aromatic rings. The predicted molar refractivity (Wildman–Crippen MR) is 81.9 cm³/mol. The molecule has 0 amide bonds. The molecule has 21 heavy (non-hydrogen) atoms. The Morgan fingerprint density at radius 3 is 2.48 bits per heavy atom. The lowest BCUT2D eigenvalue weighted by Crippen LogP contribution is -2.31. The van der Waals surface area contributed by atoms with Gasteiger partial charge in [0.2, 0.25) is 10.0 Å². The van der Waals surface area contributed by atoms with Crippen molar-refractivity contribution in [2.45, 2.75) is 24.8 Å². The van der Waals surface area contributed by atoms with E-state index >= 15 is 0 Å². The van der Waals surface area contributed by atoms with Crippen molar-refractivity contribution in [2.24, 2.45) is 7.05 Å². The fourth-order valence-electron chi connectivity index (χ4n) is 2.14. The maximum absolute atomic E-state index is 12.8. The first-order valence-electron chi connectivity index (χ1n) is 6.78. The van der Waals surface area contributed by atoms with Crippen LogP contribution in [0.3, 0.4) is 0 Å². The van der Waals surface area contributed by atoms with Gasteiger partial charge in [0.1, 0.15) is 4.90 Å². The van der Waals surface area contributed by atoms with E-state index in [2.05, 4.69) is 5.10 Å². The molecule has 1 aromatic carbocycles.